The second-order valence-electron chi connectivity index (χ2n) is 4.47. The van der Waals surface area contributed by atoms with Crippen molar-refractivity contribution < 1.29 is 0 Å². The fourth-order valence-corrected chi connectivity index (χ4v) is 3.37. The van der Waals surface area contributed by atoms with Crippen LogP contribution in [0, 0.1) is 0 Å². The van der Waals surface area contributed by atoms with Crippen molar-refractivity contribution in [3.05, 3.63) is 65.3 Å². The lowest BCUT2D eigenvalue weighted by Crippen LogP contribution is -1.88. The van der Waals surface area contributed by atoms with Gasteiger partial charge in [0.15, 0.2) is 0 Å². The molecule has 0 saturated heterocycles. The molecule has 4 heteroatoms. The van der Waals surface area contributed by atoms with Gasteiger partial charge >= 0.3 is 0 Å². The van der Waals surface area contributed by atoms with Gasteiger partial charge in [-0.2, -0.15) is 0 Å². The van der Waals surface area contributed by atoms with Gasteiger partial charge in [0.25, 0.3) is 0 Å². The summed E-state index contributed by atoms with van der Waals surface area (Å²) in [5.74, 6) is 0.836. The van der Waals surface area contributed by atoms with Crippen LogP contribution in [0.3, 0.4) is 0 Å². The van der Waals surface area contributed by atoms with Crippen molar-refractivity contribution in [2.75, 3.05) is 5.73 Å². The number of aromatic nitrogens is 1. The summed E-state index contributed by atoms with van der Waals surface area (Å²) >= 11 is 7.95. The molecule has 0 radical (unpaired) electrons. The lowest BCUT2D eigenvalue weighted by molar-refractivity contribution is 1.34. The lowest BCUT2D eigenvalue weighted by Gasteiger charge is -2.07. The Morgan fingerprint density at radius 1 is 1.10 bits per heavy atom. The van der Waals surface area contributed by atoms with Crippen LogP contribution >= 0.6 is 23.4 Å². The van der Waals surface area contributed by atoms with E-state index in [-0.39, 0.29) is 0 Å². The summed E-state index contributed by atoms with van der Waals surface area (Å²) in [6.45, 7) is 0. The lowest BCUT2D eigenvalue weighted by atomic mass is 10.2. The van der Waals surface area contributed by atoms with Crippen LogP contribution in [-0.4, -0.2) is 4.98 Å². The third-order valence-corrected chi connectivity index (χ3v) is 4.56. The number of nitrogen functional groups attached to an aromatic ring is 1. The van der Waals surface area contributed by atoms with E-state index in [4.69, 9.17) is 17.3 Å². The zero-order valence-corrected chi connectivity index (χ0v) is 12.3. The average molecular weight is 301 g/mol. The van der Waals surface area contributed by atoms with Crippen LogP contribution in [0.4, 0.5) is 5.69 Å². The number of pyridine rings is 1. The van der Waals surface area contributed by atoms with Crippen LogP contribution in [-0.2, 0) is 5.75 Å². The van der Waals surface area contributed by atoms with Crippen molar-refractivity contribution in [1.82, 2.24) is 4.98 Å². The summed E-state index contributed by atoms with van der Waals surface area (Å²) in [6, 6.07) is 15.8. The van der Waals surface area contributed by atoms with Gasteiger partial charge in [0, 0.05) is 32.9 Å². The Labute approximate surface area is 127 Å². The van der Waals surface area contributed by atoms with Gasteiger partial charge in [-0.05, 0) is 35.9 Å². The number of hydrogen-bond donors (Lipinski definition) is 1. The highest BCUT2D eigenvalue weighted by Crippen LogP contribution is 2.31. The molecule has 0 aliphatic heterocycles. The maximum atomic E-state index is 6.19. The Hall–Kier alpha value is -1.71. The smallest absolute Gasteiger partial charge is 0.0733 e. The van der Waals surface area contributed by atoms with Crippen molar-refractivity contribution >= 4 is 40.0 Å². The van der Waals surface area contributed by atoms with Crippen molar-refractivity contribution in [3.8, 4) is 0 Å². The van der Waals surface area contributed by atoms with Crippen LogP contribution < -0.4 is 5.73 Å². The third-order valence-electron chi connectivity index (χ3n) is 3.07. The maximum absolute atomic E-state index is 6.19. The van der Waals surface area contributed by atoms with Gasteiger partial charge in [0.2, 0.25) is 0 Å². The van der Waals surface area contributed by atoms with Gasteiger partial charge in [-0.15, -0.1) is 11.8 Å². The molecular weight excluding hydrogens is 288 g/mol. The third kappa shape index (κ3) is 2.74. The van der Waals surface area contributed by atoms with Gasteiger partial charge in [-0.25, -0.2) is 0 Å². The van der Waals surface area contributed by atoms with E-state index < -0.39 is 0 Å². The summed E-state index contributed by atoms with van der Waals surface area (Å²) in [4.78, 5) is 5.55. The van der Waals surface area contributed by atoms with Crippen molar-refractivity contribution in [2.45, 2.75) is 10.6 Å². The molecule has 3 rings (SSSR count). The van der Waals surface area contributed by atoms with Crippen LogP contribution in [0.2, 0.25) is 5.02 Å². The molecule has 0 bridgehead atoms. The molecule has 0 saturated carbocycles. The normalized spacial score (nSPS) is 10.8. The molecule has 3 aromatic rings. The fraction of sp³-hybridized carbons (Fsp3) is 0.0625. The van der Waals surface area contributed by atoms with E-state index in [9.17, 15) is 0 Å². The summed E-state index contributed by atoms with van der Waals surface area (Å²) in [5.41, 5.74) is 8.59. The predicted molar refractivity (Wildman–Crippen MR) is 87.2 cm³/mol. The summed E-state index contributed by atoms with van der Waals surface area (Å²) in [7, 11) is 0. The Balaban J connectivity index is 1.90. The first-order chi connectivity index (χ1) is 9.74. The van der Waals surface area contributed by atoms with E-state index in [1.165, 1.54) is 4.90 Å². The molecule has 0 unspecified atom stereocenters. The molecule has 0 fully saturated rings. The fourth-order valence-electron chi connectivity index (χ4n) is 2.04. The molecule has 20 heavy (non-hydrogen) atoms. The quantitative estimate of drug-likeness (QED) is 0.560. The molecule has 0 aliphatic carbocycles. The Kier molecular flexibility index (Phi) is 3.81. The molecule has 0 aliphatic rings. The van der Waals surface area contributed by atoms with E-state index in [0.717, 1.165) is 32.9 Å². The van der Waals surface area contributed by atoms with E-state index in [0.29, 0.717) is 0 Å². The molecule has 0 atom stereocenters. The number of nitrogens with zero attached hydrogens (tertiary/aromatic N) is 1. The Morgan fingerprint density at radius 3 is 2.80 bits per heavy atom. The first-order valence-electron chi connectivity index (χ1n) is 6.24. The van der Waals surface area contributed by atoms with Crippen molar-refractivity contribution in [2.24, 2.45) is 0 Å². The number of thioether (sulfide) groups is 1. The van der Waals surface area contributed by atoms with Crippen LogP contribution in [0.25, 0.3) is 10.9 Å². The monoisotopic (exact) mass is 300 g/mol. The standard InChI is InChI=1S/C16H13ClN2S/c17-14-4-2-1-3-11(14)10-20-16-7-8-19-15-9-12(18)5-6-13(15)16/h1-9H,10,18H2. The summed E-state index contributed by atoms with van der Waals surface area (Å²) in [6.07, 6.45) is 1.82. The van der Waals surface area contributed by atoms with Gasteiger partial charge < -0.3 is 5.73 Å². The summed E-state index contributed by atoms with van der Waals surface area (Å²) < 4.78 is 0. The predicted octanol–water partition coefficient (Wildman–Crippen LogP) is 4.76. The number of fused-ring (bicyclic) bond motifs is 1. The Bertz CT molecular complexity index is 758. The minimum atomic E-state index is 0.734. The van der Waals surface area contributed by atoms with E-state index in [1.54, 1.807) is 11.8 Å². The van der Waals surface area contributed by atoms with E-state index in [1.807, 2.05) is 48.7 Å². The second-order valence-corrected chi connectivity index (χ2v) is 5.89. The van der Waals surface area contributed by atoms with Crippen LogP contribution in [0.15, 0.2) is 59.6 Å². The average Bonchev–Trinajstić information content (AvgIpc) is 2.46. The highest BCUT2D eigenvalue weighted by molar-refractivity contribution is 7.98. The van der Waals surface area contributed by atoms with Crippen LogP contribution in [0.5, 0.6) is 0 Å². The molecule has 1 heterocycles. The van der Waals surface area contributed by atoms with Crippen molar-refractivity contribution in [3.63, 3.8) is 0 Å². The van der Waals surface area contributed by atoms with E-state index >= 15 is 0 Å². The van der Waals surface area contributed by atoms with Crippen LogP contribution in [0.1, 0.15) is 5.56 Å². The highest BCUT2D eigenvalue weighted by Gasteiger charge is 2.05. The number of benzene rings is 2. The molecule has 2 aromatic carbocycles. The number of rotatable bonds is 3. The zero-order chi connectivity index (χ0) is 13.9. The van der Waals surface area contributed by atoms with Gasteiger partial charge in [0.1, 0.15) is 0 Å². The van der Waals surface area contributed by atoms with Crippen molar-refractivity contribution in [1.29, 1.82) is 0 Å². The first kappa shape index (κ1) is 13.3. The largest absolute Gasteiger partial charge is 0.399 e. The highest BCUT2D eigenvalue weighted by atomic mass is 35.5. The van der Waals surface area contributed by atoms with Gasteiger partial charge in [-0.3, -0.25) is 4.98 Å². The van der Waals surface area contributed by atoms with Gasteiger partial charge in [0.05, 0.1) is 5.52 Å². The first-order valence-corrected chi connectivity index (χ1v) is 7.61. The number of hydrogen-bond acceptors (Lipinski definition) is 3. The second kappa shape index (κ2) is 5.73. The maximum Gasteiger partial charge on any atom is 0.0733 e. The molecule has 2 N–H and O–H groups in total. The number of halogens is 1. The van der Waals surface area contributed by atoms with E-state index in [2.05, 4.69) is 11.1 Å². The molecule has 0 spiro atoms. The van der Waals surface area contributed by atoms with Gasteiger partial charge in [-0.1, -0.05) is 29.8 Å². The summed E-state index contributed by atoms with van der Waals surface area (Å²) in [5, 5.41) is 1.93. The minimum Gasteiger partial charge on any atom is -0.399 e. The molecule has 2 nitrogen and oxygen atoms in total. The topological polar surface area (TPSA) is 38.9 Å². The minimum absolute atomic E-state index is 0.734. The number of anilines is 1. The SMILES string of the molecule is Nc1ccc2c(SCc3ccccc3Cl)ccnc2c1. The number of nitrogens with two attached hydrogens (primary N) is 1. The molecule has 100 valence electrons. The zero-order valence-electron chi connectivity index (χ0n) is 10.7. The molecule has 0 amide bonds. The molecular formula is C16H13ClN2S. The Morgan fingerprint density at radius 2 is 1.95 bits per heavy atom. The molecule has 1 aromatic heterocycles.